The Morgan fingerprint density at radius 1 is 1.63 bits per heavy atom. The van der Waals surface area contributed by atoms with Crippen LogP contribution in [0.5, 0.6) is 0 Å². The number of nitriles is 1. The van der Waals surface area contributed by atoms with Gasteiger partial charge in [0.15, 0.2) is 6.10 Å². The zero-order chi connectivity index (χ0) is 13.8. The first-order valence-corrected chi connectivity index (χ1v) is 5.76. The van der Waals surface area contributed by atoms with E-state index in [2.05, 4.69) is 0 Å². The summed E-state index contributed by atoms with van der Waals surface area (Å²) in [5, 5.41) is 19.3. The highest BCUT2D eigenvalue weighted by Gasteiger charge is 2.21. The maximum absolute atomic E-state index is 13.5. The number of nitrogens with zero attached hydrogens (tertiary/aromatic N) is 3. The van der Waals surface area contributed by atoms with Gasteiger partial charge in [0.05, 0.1) is 17.6 Å². The summed E-state index contributed by atoms with van der Waals surface area (Å²) in [4.78, 5) is 11.7. The predicted octanol–water partition coefficient (Wildman–Crippen LogP) is 1.46. The Kier molecular flexibility index (Phi) is 4.04. The summed E-state index contributed by atoms with van der Waals surface area (Å²) in [7, 11) is 0. The lowest BCUT2D eigenvalue weighted by Crippen LogP contribution is -2.41. The molecule has 1 fully saturated rings. The van der Waals surface area contributed by atoms with E-state index in [1.807, 2.05) is 11.0 Å². The van der Waals surface area contributed by atoms with E-state index in [0.29, 0.717) is 31.8 Å². The lowest BCUT2D eigenvalue weighted by Gasteiger charge is -2.29. The Morgan fingerprint density at radius 2 is 2.42 bits per heavy atom. The summed E-state index contributed by atoms with van der Waals surface area (Å²) in [5.74, 6) is -0.840. The van der Waals surface area contributed by atoms with Crippen LogP contribution in [0.25, 0.3) is 0 Å². The van der Waals surface area contributed by atoms with Crippen LogP contribution in [-0.4, -0.2) is 35.6 Å². The SMILES string of the molecule is N#CC1CN(Cc2ccc([N+](=O)[O-])c(F)c2)CCO1. The zero-order valence-corrected chi connectivity index (χ0v) is 10.1. The van der Waals surface area contributed by atoms with Crippen molar-refractivity contribution in [2.24, 2.45) is 0 Å². The molecule has 100 valence electrons. The standard InChI is InChI=1S/C12H12FN3O3/c13-11-5-9(1-2-12(11)16(17)18)7-15-3-4-19-10(6-14)8-15/h1-2,5,10H,3-4,7-8H2. The van der Waals surface area contributed by atoms with E-state index in [-0.39, 0.29) is 0 Å². The van der Waals surface area contributed by atoms with E-state index in [4.69, 9.17) is 10.00 Å². The fourth-order valence-electron chi connectivity index (χ4n) is 1.98. The first kappa shape index (κ1) is 13.4. The van der Waals surface area contributed by atoms with Crippen molar-refractivity contribution in [3.8, 4) is 6.07 Å². The number of nitro groups is 1. The molecular weight excluding hydrogens is 253 g/mol. The van der Waals surface area contributed by atoms with Gasteiger partial charge in [-0.25, -0.2) is 0 Å². The minimum Gasteiger partial charge on any atom is -0.361 e. The van der Waals surface area contributed by atoms with Crippen molar-refractivity contribution >= 4 is 5.69 Å². The smallest absolute Gasteiger partial charge is 0.304 e. The van der Waals surface area contributed by atoms with Gasteiger partial charge in [-0.15, -0.1) is 0 Å². The number of rotatable bonds is 3. The van der Waals surface area contributed by atoms with Gasteiger partial charge in [-0.1, -0.05) is 6.07 Å². The number of benzene rings is 1. The van der Waals surface area contributed by atoms with Crippen LogP contribution >= 0.6 is 0 Å². The van der Waals surface area contributed by atoms with Crippen LogP contribution in [0.1, 0.15) is 5.56 Å². The summed E-state index contributed by atoms with van der Waals surface area (Å²) < 4.78 is 18.7. The van der Waals surface area contributed by atoms with Crippen LogP contribution in [0, 0.1) is 27.3 Å². The summed E-state index contributed by atoms with van der Waals surface area (Å²) >= 11 is 0. The van der Waals surface area contributed by atoms with Crippen molar-refractivity contribution in [3.63, 3.8) is 0 Å². The molecule has 0 amide bonds. The van der Waals surface area contributed by atoms with Crippen molar-refractivity contribution in [1.29, 1.82) is 5.26 Å². The molecular formula is C12H12FN3O3. The molecule has 0 bridgehead atoms. The Hall–Kier alpha value is -2.04. The van der Waals surface area contributed by atoms with E-state index < -0.39 is 22.5 Å². The third-order valence-electron chi connectivity index (χ3n) is 2.91. The van der Waals surface area contributed by atoms with Crippen LogP contribution in [0.4, 0.5) is 10.1 Å². The Bertz CT molecular complexity index is 529. The second kappa shape index (κ2) is 5.73. The van der Waals surface area contributed by atoms with E-state index >= 15 is 0 Å². The molecule has 1 aliphatic heterocycles. The van der Waals surface area contributed by atoms with Crippen LogP contribution in [0.2, 0.25) is 0 Å². The van der Waals surface area contributed by atoms with Gasteiger partial charge in [0, 0.05) is 25.7 Å². The number of hydrogen-bond donors (Lipinski definition) is 0. The third kappa shape index (κ3) is 3.24. The molecule has 1 atom stereocenters. The molecule has 1 unspecified atom stereocenters. The van der Waals surface area contributed by atoms with Gasteiger partial charge in [-0.2, -0.15) is 9.65 Å². The van der Waals surface area contributed by atoms with Crippen LogP contribution < -0.4 is 0 Å². The van der Waals surface area contributed by atoms with E-state index in [1.165, 1.54) is 6.07 Å². The van der Waals surface area contributed by atoms with Crippen molar-refractivity contribution in [3.05, 3.63) is 39.7 Å². The van der Waals surface area contributed by atoms with Gasteiger partial charge >= 0.3 is 5.69 Å². The predicted molar refractivity (Wildman–Crippen MR) is 63.7 cm³/mol. The van der Waals surface area contributed by atoms with Gasteiger partial charge in [0.1, 0.15) is 0 Å². The molecule has 6 nitrogen and oxygen atoms in total. The highest BCUT2D eigenvalue weighted by molar-refractivity contribution is 5.35. The minimum absolute atomic E-state index is 0.441. The lowest BCUT2D eigenvalue weighted by atomic mass is 10.1. The Morgan fingerprint density at radius 3 is 3.05 bits per heavy atom. The molecule has 0 N–H and O–H groups in total. The largest absolute Gasteiger partial charge is 0.361 e. The summed E-state index contributed by atoms with van der Waals surface area (Å²) in [6.45, 7) is 2.00. The molecule has 7 heteroatoms. The van der Waals surface area contributed by atoms with Crippen molar-refractivity contribution in [1.82, 2.24) is 4.90 Å². The number of nitro benzene ring substituents is 1. The molecule has 0 spiro atoms. The fourth-order valence-corrected chi connectivity index (χ4v) is 1.98. The summed E-state index contributed by atoms with van der Waals surface area (Å²) in [6, 6.07) is 5.87. The zero-order valence-electron chi connectivity index (χ0n) is 10.1. The highest BCUT2D eigenvalue weighted by atomic mass is 19.1. The Balaban J connectivity index is 2.05. The lowest BCUT2D eigenvalue weighted by molar-refractivity contribution is -0.387. The van der Waals surface area contributed by atoms with Crippen LogP contribution in [0.15, 0.2) is 18.2 Å². The van der Waals surface area contributed by atoms with Crippen LogP contribution in [-0.2, 0) is 11.3 Å². The third-order valence-corrected chi connectivity index (χ3v) is 2.91. The maximum atomic E-state index is 13.5. The average Bonchev–Trinajstić information content (AvgIpc) is 2.38. The number of halogens is 1. The summed E-state index contributed by atoms with van der Waals surface area (Å²) in [6.07, 6.45) is -0.475. The van der Waals surface area contributed by atoms with Gasteiger partial charge in [-0.05, 0) is 11.6 Å². The first-order chi connectivity index (χ1) is 9.10. The van der Waals surface area contributed by atoms with Crippen molar-refractivity contribution in [2.75, 3.05) is 19.7 Å². The fraction of sp³-hybridized carbons (Fsp3) is 0.417. The van der Waals surface area contributed by atoms with Gasteiger partial charge in [-0.3, -0.25) is 15.0 Å². The molecule has 1 aromatic rings. The second-order valence-corrected chi connectivity index (χ2v) is 4.27. The number of ether oxygens (including phenoxy) is 1. The Labute approximate surface area is 109 Å². The monoisotopic (exact) mass is 265 g/mol. The molecule has 1 saturated heterocycles. The van der Waals surface area contributed by atoms with E-state index in [9.17, 15) is 14.5 Å². The maximum Gasteiger partial charge on any atom is 0.304 e. The van der Waals surface area contributed by atoms with E-state index in [0.717, 1.165) is 12.1 Å². The van der Waals surface area contributed by atoms with Crippen molar-refractivity contribution < 1.29 is 14.1 Å². The van der Waals surface area contributed by atoms with E-state index in [1.54, 1.807) is 0 Å². The highest BCUT2D eigenvalue weighted by Crippen LogP contribution is 2.19. The molecule has 0 saturated carbocycles. The number of morpholine rings is 1. The van der Waals surface area contributed by atoms with Crippen LogP contribution in [0.3, 0.4) is 0 Å². The molecule has 1 aliphatic rings. The molecule has 1 heterocycles. The molecule has 19 heavy (non-hydrogen) atoms. The topological polar surface area (TPSA) is 79.4 Å². The van der Waals surface area contributed by atoms with Gasteiger partial charge in [0.25, 0.3) is 0 Å². The normalized spacial score (nSPS) is 19.9. The van der Waals surface area contributed by atoms with Gasteiger partial charge in [0.2, 0.25) is 5.82 Å². The minimum atomic E-state index is -0.840. The molecule has 0 aromatic heterocycles. The quantitative estimate of drug-likeness (QED) is 0.610. The molecule has 0 radical (unpaired) electrons. The molecule has 0 aliphatic carbocycles. The van der Waals surface area contributed by atoms with Gasteiger partial charge < -0.3 is 4.74 Å². The average molecular weight is 265 g/mol. The summed E-state index contributed by atoms with van der Waals surface area (Å²) in [5.41, 5.74) is 0.113. The first-order valence-electron chi connectivity index (χ1n) is 5.76. The second-order valence-electron chi connectivity index (χ2n) is 4.27. The van der Waals surface area contributed by atoms with Crippen molar-refractivity contribution in [2.45, 2.75) is 12.6 Å². The number of hydrogen-bond acceptors (Lipinski definition) is 5. The molecule has 2 rings (SSSR count). The molecule has 1 aromatic carbocycles.